The first kappa shape index (κ1) is 15.0. The van der Waals surface area contributed by atoms with Gasteiger partial charge < -0.3 is 4.74 Å². The van der Waals surface area contributed by atoms with Crippen molar-refractivity contribution >= 4 is 10.0 Å². The Hall–Kier alpha value is -0.910. The first-order valence-electron chi connectivity index (χ1n) is 7.69. The molecule has 1 N–H and O–H groups in total. The second-order valence-corrected chi connectivity index (χ2v) is 8.16. The predicted molar refractivity (Wildman–Crippen MR) is 82.7 cm³/mol. The van der Waals surface area contributed by atoms with Gasteiger partial charge in [-0.25, -0.2) is 13.1 Å². The summed E-state index contributed by atoms with van der Waals surface area (Å²) >= 11 is 0. The zero-order valence-electron chi connectivity index (χ0n) is 12.4. The van der Waals surface area contributed by atoms with Crippen LogP contribution in [0, 0.1) is 12.8 Å². The van der Waals surface area contributed by atoms with Crippen molar-refractivity contribution in [3.8, 4) is 0 Å². The van der Waals surface area contributed by atoms with Gasteiger partial charge in [0.05, 0.1) is 11.9 Å². The maximum Gasteiger partial charge on any atom is 0.215 e. The minimum atomic E-state index is -3.23. The first-order valence-corrected chi connectivity index (χ1v) is 9.24. The fraction of sp³-hybridized carbons (Fsp3) is 0.625. The van der Waals surface area contributed by atoms with Crippen LogP contribution in [0.4, 0.5) is 0 Å². The zero-order valence-corrected chi connectivity index (χ0v) is 13.2. The van der Waals surface area contributed by atoms with E-state index in [1.54, 1.807) is 0 Å². The molecule has 0 bridgehead atoms. The summed E-state index contributed by atoms with van der Waals surface area (Å²) in [6, 6.07) is 8.36. The molecule has 4 nitrogen and oxygen atoms in total. The Morgan fingerprint density at radius 3 is 2.71 bits per heavy atom. The molecule has 1 saturated heterocycles. The van der Waals surface area contributed by atoms with E-state index in [1.807, 2.05) is 12.1 Å². The van der Waals surface area contributed by atoms with Gasteiger partial charge in [0.1, 0.15) is 0 Å². The molecule has 2 aliphatic rings. The van der Waals surface area contributed by atoms with Gasteiger partial charge in [-0.2, -0.15) is 0 Å². The van der Waals surface area contributed by atoms with Crippen molar-refractivity contribution in [2.75, 3.05) is 13.2 Å². The van der Waals surface area contributed by atoms with Crippen molar-refractivity contribution in [2.45, 2.75) is 43.9 Å². The van der Waals surface area contributed by atoms with Crippen molar-refractivity contribution < 1.29 is 13.2 Å². The standard InChI is InChI=1S/C16H23NO3S/c1-12-4-2-3-5-13(12)10-14-11-20-9-8-16(14)21(18,19)17-15-6-7-15/h2-5,14-17H,6-11H2,1H3/t14-,16+/m1/s1. The number of hydrogen-bond donors (Lipinski definition) is 1. The van der Waals surface area contributed by atoms with Crippen LogP contribution >= 0.6 is 0 Å². The van der Waals surface area contributed by atoms with Crippen LogP contribution in [0.25, 0.3) is 0 Å². The number of sulfonamides is 1. The maximum atomic E-state index is 12.6. The molecule has 0 spiro atoms. The summed E-state index contributed by atoms with van der Waals surface area (Å²) in [6.07, 6.45) is 3.32. The molecule has 0 amide bonds. The minimum absolute atomic E-state index is 0.0381. The molecule has 1 aromatic carbocycles. The highest BCUT2D eigenvalue weighted by atomic mass is 32.2. The van der Waals surface area contributed by atoms with Crippen molar-refractivity contribution in [3.63, 3.8) is 0 Å². The molecule has 0 aromatic heterocycles. The Balaban J connectivity index is 1.76. The van der Waals surface area contributed by atoms with Crippen LogP contribution in [0.1, 0.15) is 30.4 Å². The van der Waals surface area contributed by atoms with Crippen molar-refractivity contribution in [1.82, 2.24) is 4.72 Å². The highest BCUT2D eigenvalue weighted by Crippen LogP contribution is 2.28. The molecule has 116 valence electrons. The maximum absolute atomic E-state index is 12.6. The van der Waals surface area contributed by atoms with Gasteiger partial charge in [0.15, 0.2) is 0 Å². The number of nitrogens with one attached hydrogen (secondary N) is 1. The smallest absolute Gasteiger partial charge is 0.215 e. The summed E-state index contributed by atoms with van der Waals surface area (Å²) < 4.78 is 33.5. The number of hydrogen-bond acceptors (Lipinski definition) is 3. The molecule has 2 fully saturated rings. The normalized spacial score (nSPS) is 26.7. The number of ether oxygens (including phenoxy) is 1. The van der Waals surface area contributed by atoms with Crippen LogP contribution in [0.3, 0.4) is 0 Å². The summed E-state index contributed by atoms with van der Waals surface area (Å²) in [6.45, 7) is 3.15. The van der Waals surface area contributed by atoms with Gasteiger partial charge in [-0.05, 0) is 43.7 Å². The van der Waals surface area contributed by atoms with E-state index >= 15 is 0 Å². The van der Waals surface area contributed by atoms with Gasteiger partial charge >= 0.3 is 0 Å². The molecule has 5 heteroatoms. The van der Waals surface area contributed by atoms with E-state index in [-0.39, 0.29) is 17.2 Å². The molecule has 1 aliphatic carbocycles. The third-order valence-electron chi connectivity index (χ3n) is 4.45. The summed E-state index contributed by atoms with van der Waals surface area (Å²) in [7, 11) is -3.23. The number of aryl methyl sites for hydroxylation is 1. The molecule has 1 heterocycles. The SMILES string of the molecule is Cc1ccccc1C[C@@H]1COCC[C@@H]1S(=O)(=O)NC1CC1. The number of rotatable bonds is 5. The van der Waals surface area contributed by atoms with E-state index in [4.69, 9.17) is 4.74 Å². The minimum Gasteiger partial charge on any atom is -0.381 e. The van der Waals surface area contributed by atoms with Crippen LogP contribution in [0.5, 0.6) is 0 Å². The third-order valence-corrected chi connectivity index (χ3v) is 6.53. The fourth-order valence-electron chi connectivity index (χ4n) is 3.02. The topological polar surface area (TPSA) is 55.4 Å². The third kappa shape index (κ3) is 3.65. The van der Waals surface area contributed by atoms with E-state index in [0.29, 0.717) is 19.6 Å². The van der Waals surface area contributed by atoms with Crippen LogP contribution < -0.4 is 4.72 Å². The summed E-state index contributed by atoms with van der Waals surface area (Å²) in [5, 5.41) is -0.327. The summed E-state index contributed by atoms with van der Waals surface area (Å²) in [5.41, 5.74) is 2.44. The zero-order chi connectivity index (χ0) is 14.9. The molecule has 1 saturated carbocycles. The number of benzene rings is 1. The lowest BCUT2D eigenvalue weighted by Crippen LogP contribution is -2.45. The quantitative estimate of drug-likeness (QED) is 0.905. The van der Waals surface area contributed by atoms with Crippen molar-refractivity contribution in [1.29, 1.82) is 0 Å². The monoisotopic (exact) mass is 309 g/mol. The second-order valence-electron chi connectivity index (χ2n) is 6.23. The second kappa shape index (κ2) is 6.07. The van der Waals surface area contributed by atoms with Gasteiger partial charge in [0, 0.05) is 18.6 Å². The van der Waals surface area contributed by atoms with Crippen molar-refractivity contribution in [2.24, 2.45) is 5.92 Å². The van der Waals surface area contributed by atoms with Crippen LogP contribution in [-0.4, -0.2) is 32.9 Å². The van der Waals surface area contributed by atoms with Gasteiger partial charge in [0.2, 0.25) is 10.0 Å². The average molecular weight is 309 g/mol. The van der Waals surface area contributed by atoms with Gasteiger partial charge in [-0.1, -0.05) is 24.3 Å². The summed E-state index contributed by atoms with van der Waals surface area (Å²) in [4.78, 5) is 0. The fourth-order valence-corrected chi connectivity index (χ4v) is 4.98. The molecule has 1 aromatic rings. The van der Waals surface area contributed by atoms with E-state index in [0.717, 1.165) is 19.3 Å². The Bertz CT molecular complexity index is 595. The van der Waals surface area contributed by atoms with Crippen LogP contribution in [0.2, 0.25) is 0 Å². The van der Waals surface area contributed by atoms with Crippen LogP contribution in [-0.2, 0) is 21.2 Å². The van der Waals surface area contributed by atoms with E-state index in [1.165, 1.54) is 11.1 Å². The highest BCUT2D eigenvalue weighted by Gasteiger charge is 2.39. The molecule has 1 aliphatic heterocycles. The molecule has 3 rings (SSSR count). The Labute approximate surface area is 126 Å². The molecular weight excluding hydrogens is 286 g/mol. The van der Waals surface area contributed by atoms with E-state index < -0.39 is 10.0 Å². The predicted octanol–water partition coefficient (Wildman–Crippen LogP) is 2.02. The van der Waals surface area contributed by atoms with E-state index in [9.17, 15) is 8.42 Å². The molecule has 2 atom stereocenters. The average Bonchev–Trinajstić information content (AvgIpc) is 3.25. The Morgan fingerprint density at radius 2 is 2.00 bits per heavy atom. The molecule has 21 heavy (non-hydrogen) atoms. The lowest BCUT2D eigenvalue weighted by molar-refractivity contribution is 0.0569. The van der Waals surface area contributed by atoms with Gasteiger partial charge in [0.25, 0.3) is 0 Å². The molecule has 0 radical (unpaired) electrons. The lowest BCUT2D eigenvalue weighted by Gasteiger charge is -2.31. The van der Waals surface area contributed by atoms with Gasteiger partial charge in [-0.3, -0.25) is 0 Å². The largest absolute Gasteiger partial charge is 0.381 e. The molecular formula is C16H23NO3S. The highest BCUT2D eigenvalue weighted by molar-refractivity contribution is 7.90. The lowest BCUT2D eigenvalue weighted by atomic mass is 9.91. The van der Waals surface area contributed by atoms with Crippen molar-refractivity contribution in [3.05, 3.63) is 35.4 Å². The summed E-state index contributed by atoms with van der Waals surface area (Å²) in [5.74, 6) is 0.0381. The first-order chi connectivity index (χ1) is 10.1. The molecule has 0 unspecified atom stereocenters. The van der Waals surface area contributed by atoms with E-state index in [2.05, 4.69) is 23.8 Å². The van der Waals surface area contributed by atoms with Crippen LogP contribution in [0.15, 0.2) is 24.3 Å². The van der Waals surface area contributed by atoms with Gasteiger partial charge in [-0.15, -0.1) is 0 Å². The Kier molecular flexibility index (Phi) is 4.33. The Morgan fingerprint density at radius 1 is 1.24 bits per heavy atom.